The zero-order chi connectivity index (χ0) is 16.1. The van der Waals surface area contributed by atoms with Gasteiger partial charge < -0.3 is 10.6 Å². The number of rotatable bonds is 5. The van der Waals surface area contributed by atoms with Crippen LogP contribution in [-0.4, -0.2) is 33.1 Å². The van der Waals surface area contributed by atoms with Crippen molar-refractivity contribution in [2.75, 3.05) is 11.9 Å². The van der Waals surface area contributed by atoms with Gasteiger partial charge in [0, 0.05) is 23.5 Å². The first kappa shape index (κ1) is 14.9. The Hall–Kier alpha value is -3.00. The fraction of sp³-hybridized carbons (Fsp3) is 0.0667. The summed E-state index contributed by atoms with van der Waals surface area (Å²) in [6.07, 6.45) is 3.53. The summed E-state index contributed by atoms with van der Waals surface area (Å²) in [7, 11) is 0. The summed E-state index contributed by atoms with van der Waals surface area (Å²) in [5.74, 6) is -0.671. The Bertz CT molecular complexity index is 782. The van der Waals surface area contributed by atoms with Gasteiger partial charge in [-0.3, -0.25) is 9.59 Å². The van der Waals surface area contributed by atoms with E-state index < -0.39 is 0 Å². The molecule has 2 N–H and O–H groups in total. The van der Waals surface area contributed by atoms with Crippen molar-refractivity contribution in [3.05, 3.63) is 59.3 Å². The topological polar surface area (TPSA) is 88.9 Å². The highest BCUT2D eigenvalue weighted by Gasteiger charge is 2.09. The Balaban J connectivity index is 1.53. The lowest BCUT2D eigenvalue weighted by molar-refractivity contribution is -0.115. The van der Waals surface area contributed by atoms with Crippen LogP contribution >= 0.6 is 11.3 Å². The van der Waals surface area contributed by atoms with Crippen LogP contribution in [0.2, 0.25) is 0 Å². The quantitative estimate of drug-likeness (QED) is 0.746. The van der Waals surface area contributed by atoms with Crippen molar-refractivity contribution in [1.82, 2.24) is 20.1 Å². The molecule has 3 rings (SSSR count). The van der Waals surface area contributed by atoms with Crippen LogP contribution in [0.15, 0.2) is 53.6 Å². The predicted molar refractivity (Wildman–Crippen MR) is 86.6 cm³/mol. The molecule has 7 nitrogen and oxygen atoms in total. The Morgan fingerprint density at radius 2 is 2.04 bits per heavy atom. The van der Waals surface area contributed by atoms with Gasteiger partial charge in [0.05, 0.1) is 17.7 Å². The highest BCUT2D eigenvalue weighted by Crippen LogP contribution is 2.12. The fourth-order valence-electron chi connectivity index (χ4n) is 1.90. The molecule has 3 aromatic rings. The second-order valence-electron chi connectivity index (χ2n) is 4.60. The van der Waals surface area contributed by atoms with Gasteiger partial charge in [-0.05, 0) is 30.3 Å². The normalized spacial score (nSPS) is 10.3. The average molecular weight is 327 g/mol. The van der Waals surface area contributed by atoms with E-state index in [1.807, 2.05) is 24.4 Å². The van der Waals surface area contributed by atoms with E-state index in [-0.39, 0.29) is 18.4 Å². The van der Waals surface area contributed by atoms with Crippen LogP contribution in [0.1, 0.15) is 10.5 Å². The molecule has 2 amide bonds. The highest BCUT2D eigenvalue weighted by molar-refractivity contribution is 7.07. The molecule has 8 heteroatoms. The van der Waals surface area contributed by atoms with E-state index in [1.165, 1.54) is 11.3 Å². The SMILES string of the molecule is O=C(CNC(=O)c1cscn1)Nc1ccc(-n2cccn2)cc1. The van der Waals surface area contributed by atoms with Gasteiger partial charge in [-0.15, -0.1) is 11.3 Å². The first-order valence-corrected chi connectivity index (χ1v) is 7.73. The Morgan fingerprint density at radius 1 is 1.22 bits per heavy atom. The summed E-state index contributed by atoms with van der Waals surface area (Å²) >= 11 is 1.33. The molecule has 23 heavy (non-hydrogen) atoms. The molecule has 0 unspecified atom stereocenters. The smallest absolute Gasteiger partial charge is 0.271 e. The van der Waals surface area contributed by atoms with Crippen LogP contribution in [0.25, 0.3) is 5.69 Å². The number of nitrogens with one attached hydrogen (secondary N) is 2. The van der Waals surface area contributed by atoms with Crippen molar-refractivity contribution >= 4 is 28.8 Å². The zero-order valence-electron chi connectivity index (χ0n) is 12.0. The average Bonchev–Trinajstić information content (AvgIpc) is 3.26. The second kappa shape index (κ2) is 6.84. The fourth-order valence-corrected chi connectivity index (χ4v) is 2.43. The molecule has 0 bridgehead atoms. The van der Waals surface area contributed by atoms with E-state index in [2.05, 4.69) is 20.7 Å². The minimum Gasteiger partial charge on any atom is -0.342 e. The molecule has 0 aliphatic carbocycles. The number of thiazole rings is 1. The molecule has 0 saturated heterocycles. The van der Waals surface area contributed by atoms with Crippen LogP contribution in [0, 0.1) is 0 Å². The van der Waals surface area contributed by atoms with Crippen molar-refractivity contribution < 1.29 is 9.59 Å². The first-order chi connectivity index (χ1) is 11.2. The Labute approximate surface area is 136 Å². The maximum atomic E-state index is 11.8. The molecular formula is C15H13N5O2S. The first-order valence-electron chi connectivity index (χ1n) is 6.79. The third kappa shape index (κ3) is 3.80. The van der Waals surface area contributed by atoms with E-state index in [4.69, 9.17) is 0 Å². The number of anilines is 1. The summed E-state index contributed by atoms with van der Waals surface area (Å²) in [6, 6.07) is 9.07. The number of carbonyl (C=O) groups excluding carboxylic acids is 2. The van der Waals surface area contributed by atoms with E-state index in [9.17, 15) is 9.59 Å². The van der Waals surface area contributed by atoms with E-state index in [0.29, 0.717) is 11.4 Å². The number of aromatic nitrogens is 3. The van der Waals surface area contributed by atoms with Gasteiger partial charge in [0.25, 0.3) is 5.91 Å². The number of carbonyl (C=O) groups is 2. The summed E-state index contributed by atoms with van der Waals surface area (Å²) in [5.41, 5.74) is 3.42. The minimum atomic E-state index is -0.365. The summed E-state index contributed by atoms with van der Waals surface area (Å²) in [5, 5.41) is 11.0. The Morgan fingerprint density at radius 3 is 2.70 bits per heavy atom. The number of hydrogen-bond acceptors (Lipinski definition) is 5. The van der Waals surface area contributed by atoms with Crippen LogP contribution in [0.3, 0.4) is 0 Å². The van der Waals surface area contributed by atoms with Gasteiger partial charge in [0.2, 0.25) is 5.91 Å². The monoisotopic (exact) mass is 327 g/mol. The van der Waals surface area contributed by atoms with Crippen molar-refractivity contribution in [3.63, 3.8) is 0 Å². The predicted octanol–water partition coefficient (Wildman–Crippen LogP) is 1.70. The molecule has 2 aromatic heterocycles. The highest BCUT2D eigenvalue weighted by atomic mass is 32.1. The van der Waals surface area contributed by atoms with Crippen LogP contribution in [0.4, 0.5) is 5.69 Å². The van der Waals surface area contributed by atoms with Crippen LogP contribution < -0.4 is 10.6 Å². The summed E-state index contributed by atoms with van der Waals surface area (Å²) < 4.78 is 1.72. The Kier molecular flexibility index (Phi) is 4.44. The molecule has 0 spiro atoms. The number of hydrogen-bond donors (Lipinski definition) is 2. The van der Waals surface area contributed by atoms with Crippen LogP contribution in [0.5, 0.6) is 0 Å². The van der Waals surface area contributed by atoms with E-state index in [1.54, 1.807) is 33.9 Å². The molecule has 0 aliphatic rings. The largest absolute Gasteiger partial charge is 0.342 e. The minimum absolute atomic E-state index is 0.114. The molecule has 116 valence electrons. The van der Waals surface area contributed by atoms with Gasteiger partial charge in [-0.1, -0.05) is 0 Å². The maximum absolute atomic E-state index is 11.8. The second-order valence-corrected chi connectivity index (χ2v) is 5.32. The lowest BCUT2D eigenvalue weighted by Crippen LogP contribution is -2.33. The molecule has 0 atom stereocenters. The van der Waals surface area contributed by atoms with Gasteiger partial charge >= 0.3 is 0 Å². The zero-order valence-corrected chi connectivity index (χ0v) is 12.8. The lowest BCUT2D eigenvalue weighted by atomic mass is 10.3. The van der Waals surface area contributed by atoms with E-state index >= 15 is 0 Å². The standard InChI is InChI=1S/C15H13N5O2S/c21-14(8-16-15(22)13-9-23-10-17-13)19-11-2-4-12(5-3-11)20-7-1-6-18-20/h1-7,9-10H,8H2,(H,16,22)(H,19,21). The van der Waals surface area contributed by atoms with Crippen molar-refractivity contribution in [3.8, 4) is 5.69 Å². The molecule has 1 aromatic carbocycles. The van der Waals surface area contributed by atoms with Gasteiger partial charge in [-0.2, -0.15) is 5.10 Å². The van der Waals surface area contributed by atoms with Crippen LogP contribution in [-0.2, 0) is 4.79 Å². The van der Waals surface area contributed by atoms with Gasteiger partial charge in [0.15, 0.2) is 0 Å². The molecular weight excluding hydrogens is 314 g/mol. The molecule has 0 radical (unpaired) electrons. The number of nitrogens with zero attached hydrogens (tertiary/aromatic N) is 3. The molecule has 0 saturated carbocycles. The van der Waals surface area contributed by atoms with Gasteiger partial charge in [0.1, 0.15) is 5.69 Å². The third-order valence-electron chi connectivity index (χ3n) is 2.99. The lowest BCUT2D eigenvalue weighted by Gasteiger charge is -2.07. The molecule has 0 fully saturated rings. The van der Waals surface area contributed by atoms with Crippen molar-refractivity contribution in [2.45, 2.75) is 0 Å². The molecule has 2 heterocycles. The number of amides is 2. The number of benzene rings is 1. The third-order valence-corrected chi connectivity index (χ3v) is 3.58. The van der Waals surface area contributed by atoms with E-state index in [0.717, 1.165) is 5.69 Å². The van der Waals surface area contributed by atoms with Crippen molar-refractivity contribution in [1.29, 1.82) is 0 Å². The summed E-state index contributed by atoms with van der Waals surface area (Å²) in [6.45, 7) is -0.114. The van der Waals surface area contributed by atoms with Crippen molar-refractivity contribution in [2.24, 2.45) is 0 Å². The van der Waals surface area contributed by atoms with Gasteiger partial charge in [-0.25, -0.2) is 9.67 Å². The summed E-state index contributed by atoms with van der Waals surface area (Å²) in [4.78, 5) is 27.4. The molecule has 0 aliphatic heterocycles. The maximum Gasteiger partial charge on any atom is 0.271 e.